The molecule has 0 bridgehead atoms. The maximum atomic E-state index is 12.5. The lowest BCUT2D eigenvalue weighted by atomic mass is 10.1. The summed E-state index contributed by atoms with van der Waals surface area (Å²) in [7, 11) is -3.49. The molecule has 0 aliphatic carbocycles. The highest BCUT2D eigenvalue weighted by molar-refractivity contribution is 7.89. The number of nitrogens with zero attached hydrogens (tertiary/aromatic N) is 1. The molecule has 1 unspecified atom stereocenters. The Morgan fingerprint density at radius 3 is 2.36 bits per heavy atom. The van der Waals surface area contributed by atoms with Gasteiger partial charge in [-0.2, -0.15) is 4.31 Å². The zero-order valence-corrected chi connectivity index (χ0v) is 17.8. The third-order valence-corrected chi connectivity index (χ3v) is 6.57. The molecule has 0 radical (unpaired) electrons. The maximum absolute atomic E-state index is 12.5. The molecule has 1 N–H and O–H groups in total. The third kappa shape index (κ3) is 5.70. The standard InChI is InChI=1S/C20H25ClN2O4S/c1-4-23(5-2)28(25,26)19-11-9-16(10-12-19)15(3)22-20(24)14-27-18-8-6-7-17(21)13-18/h6-13,15H,4-5,14H2,1-3H3,(H,22,24). The summed E-state index contributed by atoms with van der Waals surface area (Å²) in [6.07, 6.45) is 0. The summed E-state index contributed by atoms with van der Waals surface area (Å²) in [5, 5.41) is 3.36. The Hall–Kier alpha value is -2.09. The molecule has 1 atom stereocenters. The summed E-state index contributed by atoms with van der Waals surface area (Å²) in [4.78, 5) is 12.3. The number of nitrogens with one attached hydrogen (secondary N) is 1. The lowest BCUT2D eigenvalue weighted by Gasteiger charge is -2.19. The maximum Gasteiger partial charge on any atom is 0.258 e. The van der Waals surface area contributed by atoms with Gasteiger partial charge in [0.25, 0.3) is 5.91 Å². The van der Waals surface area contributed by atoms with Crippen LogP contribution in [0, 0.1) is 0 Å². The second-order valence-corrected chi connectivity index (χ2v) is 8.57. The Morgan fingerprint density at radius 2 is 1.79 bits per heavy atom. The Morgan fingerprint density at radius 1 is 1.14 bits per heavy atom. The molecule has 1 amide bonds. The summed E-state index contributed by atoms with van der Waals surface area (Å²) < 4.78 is 31.9. The van der Waals surface area contributed by atoms with Gasteiger partial charge in [0, 0.05) is 18.1 Å². The van der Waals surface area contributed by atoms with E-state index in [1.165, 1.54) is 4.31 Å². The summed E-state index contributed by atoms with van der Waals surface area (Å²) in [6, 6.07) is 13.1. The average Bonchev–Trinajstić information content (AvgIpc) is 2.67. The molecule has 0 aliphatic rings. The minimum Gasteiger partial charge on any atom is -0.484 e. The Kier molecular flexibility index (Phi) is 7.86. The molecule has 0 heterocycles. The van der Waals surface area contributed by atoms with Gasteiger partial charge < -0.3 is 10.1 Å². The molecule has 0 saturated heterocycles. The smallest absolute Gasteiger partial charge is 0.258 e. The molecule has 2 aromatic rings. The van der Waals surface area contributed by atoms with Gasteiger partial charge in [0.1, 0.15) is 5.75 Å². The predicted octanol–water partition coefficient (Wildman–Crippen LogP) is 3.63. The molecule has 2 aromatic carbocycles. The van der Waals surface area contributed by atoms with Crippen molar-refractivity contribution in [2.75, 3.05) is 19.7 Å². The number of hydrogen-bond donors (Lipinski definition) is 1. The first-order valence-electron chi connectivity index (χ1n) is 9.05. The number of rotatable bonds is 9. The van der Waals surface area contributed by atoms with Crippen LogP contribution in [0.3, 0.4) is 0 Å². The number of carbonyl (C=O) groups is 1. The molecule has 152 valence electrons. The minimum atomic E-state index is -3.49. The molecule has 0 saturated carbocycles. The van der Waals surface area contributed by atoms with Crippen LogP contribution in [0.4, 0.5) is 0 Å². The monoisotopic (exact) mass is 424 g/mol. The van der Waals surface area contributed by atoms with Crippen molar-refractivity contribution in [3.8, 4) is 5.75 Å². The molecular weight excluding hydrogens is 400 g/mol. The van der Waals surface area contributed by atoms with Crippen molar-refractivity contribution in [1.82, 2.24) is 9.62 Å². The fourth-order valence-corrected chi connectivity index (χ4v) is 4.35. The van der Waals surface area contributed by atoms with Crippen LogP contribution in [-0.4, -0.2) is 38.3 Å². The first-order valence-corrected chi connectivity index (χ1v) is 10.9. The van der Waals surface area contributed by atoms with Gasteiger partial charge in [-0.15, -0.1) is 0 Å². The minimum absolute atomic E-state index is 0.140. The summed E-state index contributed by atoms with van der Waals surface area (Å²) in [5.41, 5.74) is 0.801. The van der Waals surface area contributed by atoms with Gasteiger partial charge in [0.05, 0.1) is 10.9 Å². The van der Waals surface area contributed by atoms with Crippen molar-refractivity contribution < 1.29 is 17.9 Å². The van der Waals surface area contributed by atoms with Crippen molar-refractivity contribution in [3.63, 3.8) is 0 Å². The topological polar surface area (TPSA) is 75.7 Å². The lowest BCUT2D eigenvalue weighted by molar-refractivity contribution is -0.123. The van der Waals surface area contributed by atoms with Gasteiger partial charge in [0.15, 0.2) is 6.61 Å². The highest BCUT2D eigenvalue weighted by Crippen LogP contribution is 2.20. The van der Waals surface area contributed by atoms with E-state index >= 15 is 0 Å². The van der Waals surface area contributed by atoms with Crippen molar-refractivity contribution in [3.05, 3.63) is 59.1 Å². The molecule has 28 heavy (non-hydrogen) atoms. The molecular formula is C20H25ClN2O4S. The van der Waals surface area contributed by atoms with Gasteiger partial charge in [-0.3, -0.25) is 4.79 Å². The van der Waals surface area contributed by atoms with Crippen LogP contribution in [0.5, 0.6) is 5.75 Å². The Labute approximate surface area is 171 Å². The van der Waals surface area contributed by atoms with Crippen LogP contribution >= 0.6 is 11.6 Å². The average molecular weight is 425 g/mol. The van der Waals surface area contributed by atoms with E-state index in [0.29, 0.717) is 23.9 Å². The van der Waals surface area contributed by atoms with Gasteiger partial charge in [-0.25, -0.2) is 8.42 Å². The van der Waals surface area contributed by atoms with Gasteiger partial charge in [-0.05, 0) is 42.8 Å². The van der Waals surface area contributed by atoms with E-state index in [1.54, 1.807) is 62.4 Å². The second-order valence-electron chi connectivity index (χ2n) is 6.19. The predicted molar refractivity (Wildman–Crippen MR) is 110 cm³/mol. The number of sulfonamides is 1. The quantitative estimate of drug-likeness (QED) is 0.667. The van der Waals surface area contributed by atoms with Crippen LogP contribution in [0.1, 0.15) is 32.4 Å². The van der Waals surface area contributed by atoms with E-state index in [-0.39, 0.29) is 23.5 Å². The number of carbonyl (C=O) groups excluding carboxylic acids is 1. The number of hydrogen-bond acceptors (Lipinski definition) is 4. The number of benzene rings is 2. The van der Waals surface area contributed by atoms with Crippen molar-refractivity contribution in [1.29, 1.82) is 0 Å². The molecule has 0 spiro atoms. The summed E-state index contributed by atoms with van der Waals surface area (Å²) >= 11 is 5.88. The van der Waals surface area contributed by atoms with Crippen LogP contribution in [-0.2, 0) is 14.8 Å². The fourth-order valence-electron chi connectivity index (χ4n) is 2.71. The zero-order chi connectivity index (χ0) is 20.7. The second kappa shape index (κ2) is 9.91. The highest BCUT2D eigenvalue weighted by atomic mass is 35.5. The third-order valence-electron chi connectivity index (χ3n) is 4.27. The first-order chi connectivity index (χ1) is 13.3. The molecule has 0 aromatic heterocycles. The van der Waals surface area contributed by atoms with Gasteiger partial charge >= 0.3 is 0 Å². The molecule has 2 rings (SSSR count). The van der Waals surface area contributed by atoms with E-state index in [2.05, 4.69) is 5.32 Å². The largest absolute Gasteiger partial charge is 0.484 e. The normalized spacial score (nSPS) is 12.6. The summed E-state index contributed by atoms with van der Waals surface area (Å²) in [6.45, 7) is 6.13. The Bertz CT molecular complexity index is 897. The number of halogens is 1. The first kappa shape index (κ1) is 22.2. The molecule has 6 nitrogen and oxygen atoms in total. The highest BCUT2D eigenvalue weighted by Gasteiger charge is 2.21. The SMILES string of the molecule is CCN(CC)S(=O)(=O)c1ccc(C(C)NC(=O)COc2cccc(Cl)c2)cc1. The molecule has 0 fully saturated rings. The van der Waals surface area contributed by atoms with Crippen LogP contribution in [0.25, 0.3) is 0 Å². The molecule has 0 aliphatic heterocycles. The Balaban J connectivity index is 1.97. The summed E-state index contributed by atoms with van der Waals surface area (Å²) in [5.74, 6) is 0.230. The van der Waals surface area contributed by atoms with E-state index in [4.69, 9.17) is 16.3 Å². The van der Waals surface area contributed by atoms with Crippen LogP contribution in [0.15, 0.2) is 53.4 Å². The van der Waals surface area contributed by atoms with Crippen LogP contribution < -0.4 is 10.1 Å². The van der Waals surface area contributed by atoms with Gasteiger partial charge in [0.2, 0.25) is 10.0 Å². The van der Waals surface area contributed by atoms with Crippen molar-refractivity contribution >= 4 is 27.5 Å². The zero-order valence-electron chi connectivity index (χ0n) is 16.2. The van der Waals surface area contributed by atoms with E-state index in [0.717, 1.165) is 5.56 Å². The van der Waals surface area contributed by atoms with E-state index in [1.807, 2.05) is 6.92 Å². The van der Waals surface area contributed by atoms with E-state index < -0.39 is 10.0 Å². The fraction of sp³-hybridized carbons (Fsp3) is 0.350. The van der Waals surface area contributed by atoms with Gasteiger partial charge in [-0.1, -0.05) is 43.6 Å². The lowest BCUT2D eigenvalue weighted by Crippen LogP contribution is -2.31. The van der Waals surface area contributed by atoms with Crippen LogP contribution in [0.2, 0.25) is 5.02 Å². The van der Waals surface area contributed by atoms with Crippen molar-refractivity contribution in [2.45, 2.75) is 31.7 Å². The van der Waals surface area contributed by atoms with E-state index in [9.17, 15) is 13.2 Å². The van der Waals surface area contributed by atoms with Crippen molar-refractivity contribution in [2.24, 2.45) is 0 Å². The number of ether oxygens (including phenoxy) is 1. The number of amides is 1. The molecule has 8 heteroatoms.